The first kappa shape index (κ1) is 18.8. The second-order valence-electron chi connectivity index (χ2n) is 6.50. The van der Waals surface area contributed by atoms with E-state index in [0.29, 0.717) is 11.4 Å². The van der Waals surface area contributed by atoms with Gasteiger partial charge in [0.05, 0.1) is 4.88 Å². The fraction of sp³-hybridized carbons (Fsp3) is 0.227. The van der Waals surface area contributed by atoms with Crippen LogP contribution in [0.25, 0.3) is 21.6 Å². The number of hydrogen-bond donors (Lipinski definition) is 0. The lowest BCUT2D eigenvalue weighted by molar-refractivity contribution is 0.0992. The quantitative estimate of drug-likeness (QED) is 0.459. The van der Waals surface area contributed by atoms with E-state index in [4.69, 9.17) is 11.6 Å². The Kier molecular flexibility index (Phi) is 5.92. The molecule has 0 aliphatic rings. The van der Waals surface area contributed by atoms with E-state index in [1.807, 2.05) is 49.4 Å². The molecule has 1 heterocycles. The molecule has 0 atom stereocenters. The zero-order valence-electron chi connectivity index (χ0n) is 15.3. The van der Waals surface area contributed by atoms with Crippen molar-refractivity contribution < 1.29 is 4.79 Å². The molecule has 0 saturated heterocycles. The maximum absolute atomic E-state index is 12.7. The molecule has 134 valence electrons. The number of ketones is 1. The molecule has 0 radical (unpaired) electrons. The molecule has 2 aromatic carbocycles. The first-order valence-electron chi connectivity index (χ1n) is 8.66. The van der Waals surface area contributed by atoms with E-state index in [1.165, 1.54) is 5.56 Å². The van der Waals surface area contributed by atoms with Crippen molar-refractivity contribution in [3.05, 3.63) is 70.1 Å². The van der Waals surface area contributed by atoms with E-state index in [-0.39, 0.29) is 5.78 Å². The maximum atomic E-state index is 12.7. The summed E-state index contributed by atoms with van der Waals surface area (Å²) in [4.78, 5) is 16.9. The fourth-order valence-corrected chi connectivity index (χ4v) is 4.51. The summed E-state index contributed by atoms with van der Waals surface area (Å²) in [7, 11) is 4.11. The lowest BCUT2D eigenvalue weighted by Gasteiger charge is -2.14. The van der Waals surface area contributed by atoms with Gasteiger partial charge in [-0.05, 0) is 42.9 Å². The zero-order chi connectivity index (χ0) is 18.7. The number of benzene rings is 2. The standard InChI is InChI=1S/C22H22ClNOS/c1-4-19(25)22-20(15-8-6-5-7-9-15)18(14-24(2)3)21(26-22)16-10-12-17(23)13-11-16/h5-13H,4,14H2,1-3H3. The predicted octanol–water partition coefficient (Wildman–Crippen LogP) is 6.39. The molecule has 4 heteroatoms. The van der Waals surface area contributed by atoms with Crippen molar-refractivity contribution in [1.29, 1.82) is 0 Å². The minimum absolute atomic E-state index is 0.189. The number of carbonyl (C=O) groups is 1. The monoisotopic (exact) mass is 383 g/mol. The van der Waals surface area contributed by atoms with E-state index >= 15 is 0 Å². The Hall–Kier alpha value is -1.94. The van der Waals surface area contributed by atoms with Gasteiger partial charge in [-0.3, -0.25) is 4.79 Å². The maximum Gasteiger partial charge on any atom is 0.173 e. The highest BCUT2D eigenvalue weighted by atomic mass is 35.5. The molecule has 0 saturated carbocycles. The van der Waals surface area contributed by atoms with Crippen LogP contribution in [-0.2, 0) is 6.54 Å². The summed E-state index contributed by atoms with van der Waals surface area (Å²) in [5.41, 5.74) is 4.47. The second-order valence-corrected chi connectivity index (χ2v) is 7.96. The molecule has 0 aliphatic carbocycles. The van der Waals surface area contributed by atoms with Gasteiger partial charge >= 0.3 is 0 Å². The largest absolute Gasteiger partial charge is 0.305 e. The normalized spacial score (nSPS) is 11.1. The predicted molar refractivity (Wildman–Crippen MR) is 112 cm³/mol. The summed E-state index contributed by atoms with van der Waals surface area (Å²) in [6.07, 6.45) is 0.502. The average Bonchev–Trinajstić information content (AvgIpc) is 3.01. The average molecular weight is 384 g/mol. The smallest absolute Gasteiger partial charge is 0.173 e. The van der Waals surface area contributed by atoms with Crippen molar-refractivity contribution in [2.75, 3.05) is 14.1 Å². The minimum Gasteiger partial charge on any atom is -0.305 e. The SMILES string of the molecule is CCC(=O)c1sc(-c2ccc(Cl)cc2)c(CN(C)C)c1-c1ccccc1. The van der Waals surface area contributed by atoms with Crippen molar-refractivity contribution in [1.82, 2.24) is 4.90 Å². The number of nitrogens with zero attached hydrogens (tertiary/aromatic N) is 1. The molecule has 0 unspecified atom stereocenters. The van der Waals surface area contributed by atoms with Crippen LogP contribution < -0.4 is 0 Å². The van der Waals surface area contributed by atoms with E-state index in [9.17, 15) is 4.79 Å². The third-order valence-corrected chi connectivity index (χ3v) is 5.80. The highest BCUT2D eigenvalue weighted by Gasteiger charge is 2.24. The molecule has 0 amide bonds. The van der Waals surface area contributed by atoms with Gasteiger partial charge in [0.2, 0.25) is 0 Å². The topological polar surface area (TPSA) is 20.3 Å². The van der Waals surface area contributed by atoms with Crippen LogP contribution in [0.2, 0.25) is 5.02 Å². The van der Waals surface area contributed by atoms with Crippen molar-refractivity contribution >= 4 is 28.7 Å². The van der Waals surface area contributed by atoms with Gasteiger partial charge in [-0.1, -0.05) is 61.0 Å². The number of rotatable bonds is 6. The molecule has 0 aliphatic heterocycles. The van der Waals surface area contributed by atoms with Gasteiger partial charge in [-0.25, -0.2) is 0 Å². The van der Waals surface area contributed by atoms with Gasteiger partial charge < -0.3 is 4.90 Å². The molecule has 0 fully saturated rings. The molecule has 0 spiro atoms. The Bertz CT molecular complexity index is 898. The van der Waals surface area contributed by atoms with Crippen molar-refractivity contribution in [3.8, 4) is 21.6 Å². The first-order chi connectivity index (χ1) is 12.5. The van der Waals surface area contributed by atoms with E-state index in [1.54, 1.807) is 11.3 Å². The second kappa shape index (κ2) is 8.17. The number of Topliss-reactive ketones (excluding diaryl/α,β-unsaturated/α-hetero) is 1. The summed E-state index contributed by atoms with van der Waals surface area (Å²) in [5, 5.41) is 0.715. The lowest BCUT2D eigenvalue weighted by Crippen LogP contribution is -2.12. The van der Waals surface area contributed by atoms with Gasteiger partial charge in [0, 0.05) is 28.4 Å². The zero-order valence-corrected chi connectivity index (χ0v) is 16.8. The van der Waals surface area contributed by atoms with E-state index in [2.05, 4.69) is 31.1 Å². The molecule has 3 rings (SSSR count). The number of halogens is 1. The van der Waals surface area contributed by atoms with Gasteiger partial charge in [0.25, 0.3) is 0 Å². The minimum atomic E-state index is 0.189. The van der Waals surface area contributed by atoms with Crippen molar-refractivity contribution in [2.45, 2.75) is 19.9 Å². The third-order valence-electron chi connectivity index (χ3n) is 4.22. The van der Waals surface area contributed by atoms with Crippen LogP contribution in [0.5, 0.6) is 0 Å². The van der Waals surface area contributed by atoms with Crippen LogP contribution in [0.4, 0.5) is 0 Å². The summed E-state index contributed by atoms with van der Waals surface area (Å²) in [6.45, 7) is 2.69. The highest BCUT2D eigenvalue weighted by Crippen LogP contribution is 2.43. The summed E-state index contributed by atoms with van der Waals surface area (Å²) in [5.74, 6) is 0.189. The Balaban J connectivity index is 2.29. The van der Waals surface area contributed by atoms with Gasteiger partial charge in [0.15, 0.2) is 5.78 Å². The van der Waals surface area contributed by atoms with Gasteiger partial charge in [-0.2, -0.15) is 0 Å². The fourth-order valence-electron chi connectivity index (χ4n) is 3.03. The summed E-state index contributed by atoms with van der Waals surface area (Å²) < 4.78 is 0. The lowest BCUT2D eigenvalue weighted by atomic mass is 9.96. The first-order valence-corrected chi connectivity index (χ1v) is 9.85. The molecule has 0 bridgehead atoms. The Morgan fingerprint density at radius 2 is 1.65 bits per heavy atom. The Labute approximate surface area is 164 Å². The summed E-state index contributed by atoms with van der Waals surface area (Å²) in [6, 6.07) is 18.1. The number of thiophene rings is 1. The molecular formula is C22H22ClNOS. The van der Waals surface area contributed by atoms with Crippen LogP contribution in [-0.4, -0.2) is 24.8 Å². The summed E-state index contributed by atoms with van der Waals surface area (Å²) >= 11 is 7.66. The number of hydrogen-bond acceptors (Lipinski definition) is 3. The van der Waals surface area contributed by atoms with E-state index < -0.39 is 0 Å². The molecule has 26 heavy (non-hydrogen) atoms. The molecular weight excluding hydrogens is 362 g/mol. The third kappa shape index (κ3) is 3.90. The van der Waals surface area contributed by atoms with Crippen LogP contribution in [0, 0.1) is 0 Å². The van der Waals surface area contributed by atoms with Gasteiger partial charge in [-0.15, -0.1) is 11.3 Å². The molecule has 0 N–H and O–H groups in total. The van der Waals surface area contributed by atoms with E-state index in [0.717, 1.165) is 33.0 Å². The van der Waals surface area contributed by atoms with Gasteiger partial charge in [0.1, 0.15) is 0 Å². The highest BCUT2D eigenvalue weighted by molar-refractivity contribution is 7.18. The van der Waals surface area contributed by atoms with Crippen LogP contribution in [0.15, 0.2) is 54.6 Å². The van der Waals surface area contributed by atoms with Crippen LogP contribution in [0.1, 0.15) is 28.6 Å². The van der Waals surface area contributed by atoms with Crippen molar-refractivity contribution in [2.24, 2.45) is 0 Å². The molecule has 3 aromatic rings. The Morgan fingerprint density at radius 1 is 1.00 bits per heavy atom. The molecule has 1 aromatic heterocycles. The van der Waals surface area contributed by atoms with Crippen molar-refractivity contribution in [3.63, 3.8) is 0 Å². The molecule has 2 nitrogen and oxygen atoms in total. The Morgan fingerprint density at radius 3 is 2.23 bits per heavy atom. The van der Waals surface area contributed by atoms with Crippen LogP contribution >= 0.6 is 22.9 Å². The van der Waals surface area contributed by atoms with Crippen LogP contribution in [0.3, 0.4) is 0 Å². The number of carbonyl (C=O) groups excluding carboxylic acids is 1.